The maximum atomic E-state index is 9.14. The average Bonchev–Trinajstić information content (AvgIpc) is 2.34. The number of nitriles is 1. The number of likely N-dealkylation sites (N-methyl/N-ethyl adjacent to an activating group) is 1. The van der Waals surface area contributed by atoms with Gasteiger partial charge in [-0.25, -0.2) is 0 Å². The third-order valence-corrected chi connectivity index (χ3v) is 2.46. The summed E-state index contributed by atoms with van der Waals surface area (Å²) in [5.41, 5.74) is 0.936. The Labute approximate surface area is 103 Å². The van der Waals surface area contributed by atoms with Crippen LogP contribution in [-0.4, -0.2) is 39.2 Å². The van der Waals surface area contributed by atoms with E-state index in [0.717, 1.165) is 24.4 Å². The second-order valence-corrected chi connectivity index (χ2v) is 4.10. The summed E-state index contributed by atoms with van der Waals surface area (Å²) in [6.07, 6.45) is 0. The number of methoxy groups -OCH3 is 1. The number of ether oxygens (including phenoxy) is 1. The van der Waals surface area contributed by atoms with Crippen LogP contribution in [0.4, 0.5) is 0 Å². The van der Waals surface area contributed by atoms with Gasteiger partial charge in [0, 0.05) is 13.1 Å². The van der Waals surface area contributed by atoms with Gasteiger partial charge in [-0.05, 0) is 31.8 Å². The van der Waals surface area contributed by atoms with Crippen LogP contribution in [0.5, 0.6) is 5.75 Å². The maximum Gasteiger partial charge on any atom is 0.121 e. The van der Waals surface area contributed by atoms with E-state index in [0.29, 0.717) is 0 Å². The molecule has 1 N–H and O–H groups in total. The molecule has 1 rings (SSSR count). The smallest absolute Gasteiger partial charge is 0.121 e. The Kier molecular flexibility index (Phi) is 5.47. The normalized spacial score (nSPS) is 12.2. The molecule has 0 aliphatic carbocycles. The largest absolute Gasteiger partial charge is 0.497 e. The molecule has 4 nitrogen and oxygen atoms in total. The van der Waals surface area contributed by atoms with Crippen molar-refractivity contribution in [1.82, 2.24) is 10.2 Å². The van der Waals surface area contributed by atoms with E-state index in [4.69, 9.17) is 10.00 Å². The van der Waals surface area contributed by atoms with E-state index in [1.165, 1.54) is 0 Å². The summed E-state index contributed by atoms with van der Waals surface area (Å²) < 4.78 is 5.15. The molecule has 1 aromatic rings. The standard InChI is InChI=1S/C13H19N3O/c1-16(2)8-7-15-13(10-14)11-5-4-6-12(9-11)17-3/h4-6,9,13,15H,7-8H2,1-3H3. The van der Waals surface area contributed by atoms with Crippen molar-refractivity contribution in [2.24, 2.45) is 0 Å². The first-order chi connectivity index (χ1) is 8.17. The van der Waals surface area contributed by atoms with E-state index < -0.39 is 0 Å². The van der Waals surface area contributed by atoms with Crippen LogP contribution in [0, 0.1) is 11.3 Å². The van der Waals surface area contributed by atoms with E-state index in [2.05, 4.69) is 16.3 Å². The van der Waals surface area contributed by atoms with Crippen molar-refractivity contribution in [2.75, 3.05) is 34.3 Å². The molecule has 0 amide bonds. The first-order valence-electron chi connectivity index (χ1n) is 5.59. The van der Waals surface area contributed by atoms with Crippen molar-refractivity contribution < 1.29 is 4.74 Å². The SMILES string of the molecule is COc1cccc(C(C#N)NCCN(C)C)c1. The molecule has 4 heteroatoms. The Bertz CT molecular complexity index is 384. The highest BCUT2D eigenvalue weighted by Gasteiger charge is 2.10. The first kappa shape index (κ1) is 13.5. The van der Waals surface area contributed by atoms with E-state index in [9.17, 15) is 0 Å². The molecule has 1 aromatic carbocycles. The minimum absolute atomic E-state index is 0.287. The fourth-order valence-corrected chi connectivity index (χ4v) is 1.49. The summed E-state index contributed by atoms with van der Waals surface area (Å²) in [6, 6.07) is 9.55. The minimum Gasteiger partial charge on any atom is -0.497 e. The summed E-state index contributed by atoms with van der Waals surface area (Å²) >= 11 is 0. The van der Waals surface area contributed by atoms with E-state index >= 15 is 0 Å². The average molecular weight is 233 g/mol. The van der Waals surface area contributed by atoms with Gasteiger partial charge in [-0.15, -0.1) is 0 Å². The van der Waals surface area contributed by atoms with Gasteiger partial charge in [0.05, 0.1) is 13.2 Å². The third-order valence-electron chi connectivity index (χ3n) is 2.46. The second kappa shape index (κ2) is 6.89. The summed E-state index contributed by atoms with van der Waals surface area (Å²) in [6.45, 7) is 1.69. The molecule has 0 radical (unpaired) electrons. The fraction of sp³-hybridized carbons (Fsp3) is 0.462. The molecule has 0 saturated carbocycles. The molecule has 1 unspecified atom stereocenters. The Hall–Kier alpha value is -1.57. The lowest BCUT2D eigenvalue weighted by Crippen LogP contribution is -2.29. The van der Waals surface area contributed by atoms with E-state index in [-0.39, 0.29) is 6.04 Å². The molecular formula is C13H19N3O. The summed E-state index contributed by atoms with van der Waals surface area (Å²) in [5, 5.41) is 12.4. The quantitative estimate of drug-likeness (QED) is 0.807. The molecular weight excluding hydrogens is 214 g/mol. The Morgan fingerprint density at radius 2 is 2.24 bits per heavy atom. The van der Waals surface area contributed by atoms with Gasteiger partial charge in [-0.2, -0.15) is 5.26 Å². The van der Waals surface area contributed by atoms with E-state index in [1.54, 1.807) is 7.11 Å². The Morgan fingerprint density at radius 3 is 2.82 bits per heavy atom. The van der Waals surface area contributed by atoms with Crippen LogP contribution in [0.3, 0.4) is 0 Å². The zero-order valence-corrected chi connectivity index (χ0v) is 10.6. The lowest BCUT2D eigenvalue weighted by molar-refractivity contribution is 0.394. The van der Waals surface area contributed by atoms with Crippen LogP contribution < -0.4 is 10.1 Å². The Morgan fingerprint density at radius 1 is 1.47 bits per heavy atom. The molecule has 0 aliphatic heterocycles. The molecule has 92 valence electrons. The van der Waals surface area contributed by atoms with E-state index in [1.807, 2.05) is 38.4 Å². The van der Waals surface area contributed by atoms with Gasteiger partial charge in [-0.3, -0.25) is 5.32 Å². The van der Waals surface area contributed by atoms with Gasteiger partial charge >= 0.3 is 0 Å². The van der Waals surface area contributed by atoms with Crippen LogP contribution in [0.2, 0.25) is 0 Å². The highest BCUT2D eigenvalue weighted by atomic mass is 16.5. The summed E-state index contributed by atoms with van der Waals surface area (Å²) in [4.78, 5) is 2.08. The van der Waals surface area contributed by atoms with Gasteiger partial charge in [0.1, 0.15) is 11.8 Å². The van der Waals surface area contributed by atoms with Crippen molar-refractivity contribution in [3.8, 4) is 11.8 Å². The van der Waals surface area contributed by atoms with Gasteiger partial charge in [0.2, 0.25) is 0 Å². The highest BCUT2D eigenvalue weighted by molar-refractivity contribution is 5.32. The maximum absolute atomic E-state index is 9.14. The predicted molar refractivity (Wildman–Crippen MR) is 67.9 cm³/mol. The summed E-state index contributed by atoms with van der Waals surface area (Å²) in [5.74, 6) is 0.775. The molecule has 0 spiro atoms. The highest BCUT2D eigenvalue weighted by Crippen LogP contribution is 2.18. The Balaban J connectivity index is 2.63. The topological polar surface area (TPSA) is 48.3 Å². The van der Waals surface area contributed by atoms with Gasteiger partial charge in [-0.1, -0.05) is 12.1 Å². The first-order valence-corrected chi connectivity index (χ1v) is 5.59. The van der Waals surface area contributed by atoms with Crippen molar-refractivity contribution in [3.63, 3.8) is 0 Å². The zero-order chi connectivity index (χ0) is 12.7. The van der Waals surface area contributed by atoms with Crippen molar-refractivity contribution in [2.45, 2.75) is 6.04 Å². The predicted octanol–water partition coefficient (Wildman–Crippen LogP) is 1.41. The van der Waals surface area contributed by atoms with Crippen LogP contribution in [0.25, 0.3) is 0 Å². The van der Waals surface area contributed by atoms with Crippen LogP contribution in [0.15, 0.2) is 24.3 Å². The molecule has 0 aromatic heterocycles. The lowest BCUT2D eigenvalue weighted by atomic mass is 10.1. The molecule has 0 saturated heterocycles. The molecule has 17 heavy (non-hydrogen) atoms. The number of nitrogens with one attached hydrogen (secondary N) is 1. The second-order valence-electron chi connectivity index (χ2n) is 4.10. The number of hydrogen-bond acceptors (Lipinski definition) is 4. The number of rotatable bonds is 6. The van der Waals surface area contributed by atoms with Crippen molar-refractivity contribution in [3.05, 3.63) is 29.8 Å². The van der Waals surface area contributed by atoms with Crippen molar-refractivity contribution >= 4 is 0 Å². The monoisotopic (exact) mass is 233 g/mol. The van der Waals surface area contributed by atoms with Gasteiger partial charge < -0.3 is 9.64 Å². The molecule has 0 fully saturated rings. The third kappa shape index (κ3) is 4.43. The van der Waals surface area contributed by atoms with Crippen LogP contribution >= 0.6 is 0 Å². The molecule has 0 heterocycles. The number of hydrogen-bond donors (Lipinski definition) is 1. The number of nitrogens with zero attached hydrogens (tertiary/aromatic N) is 2. The summed E-state index contributed by atoms with van der Waals surface area (Å²) in [7, 11) is 5.64. The lowest BCUT2D eigenvalue weighted by Gasteiger charge is -2.15. The molecule has 1 atom stereocenters. The fourth-order valence-electron chi connectivity index (χ4n) is 1.49. The van der Waals surface area contributed by atoms with Crippen LogP contribution in [0.1, 0.15) is 11.6 Å². The zero-order valence-electron chi connectivity index (χ0n) is 10.6. The number of benzene rings is 1. The van der Waals surface area contributed by atoms with Gasteiger partial charge in [0.25, 0.3) is 0 Å². The van der Waals surface area contributed by atoms with Gasteiger partial charge in [0.15, 0.2) is 0 Å². The molecule has 0 bridgehead atoms. The minimum atomic E-state index is -0.287. The van der Waals surface area contributed by atoms with Crippen LogP contribution in [-0.2, 0) is 0 Å². The molecule has 0 aliphatic rings. The van der Waals surface area contributed by atoms with Crippen molar-refractivity contribution in [1.29, 1.82) is 5.26 Å².